The van der Waals surface area contributed by atoms with Crippen molar-refractivity contribution in [1.82, 2.24) is 10.2 Å². The summed E-state index contributed by atoms with van der Waals surface area (Å²) < 4.78 is 14.2. The van der Waals surface area contributed by atoms with Gasteiger partial charge in [0, 0.05) is 17.1 Å². The van der Waals surface area contributed by atoms with E-state index in [2.05, 4.69) is 53.1 Å². The van der Waals surface area contributed by atoms with Gasteiger partial charge in [0.1, 0.15) is 29.6 Å². The largest absolute Gasteiger partial charge is 0.483 e. The van der Waals surface area contributed by atoms with Crippen LogP contribution >= 0.6 is 60.0 Å². The highest BCUT2D eigenvalue weighted by Gasteiger charge is 2.31. The van der Waals surface area contributed by atoms with Crippen molar-refractivity contribution in [3.05, 3.63) is 54.9 Å². The standard InChI is InChI=1S/C19H17Br3N2O3S/c1-10(2)8-24-18(25)16(23-19(24)28)7-12-3-4-13(27-12)9-26-17-14(21)5-11(20)6-15(17)22/h3-7,10H,8-9H2,1-2H3,(H,23,28)/b16-7+. The molecule has 0 radical (unpaired) electrons. The zero-order valence-corrected chi connectivity index (χ0v) is 20.7. The Bertz CT molecular complexity index is 933. The maximum absolute atomic E-state index is 12.5. The van der Waals surface area contributed by atoms with Gasteiger partial charge in [-0.15, -0.1) is 0 Å². The Labute approximate surface area is 193 Å². The van der Waals surface area contributed by atoms with E-state index in [0.29, 0.717) is 40.5 Å². The predicted molar refractivity (Wildman–Crippen MR) is 123 cm³/mol. The van der Waals surface area contributed by atoms with Gasteiger partial charge < -0.3 is 14.5 Å². The van der Waals surface area contributed by atoms with Gasteiger partial charge in [-0.3, -0.25) is 9.69 Å². The lowest BCUT2D eigenvalue weighted by Crippen LogP contribution is -2.33. The molecule has 1 aliphatic rings. The molecule has 9 heteroatoms. The molecule has 1 fully saturated rings. The molecule has 1 N–H and O–H groups in total. The molecule has 1 aromatic heterocycles. The van der Waals surface area contributed by atoms with Crippen molar-refractivity contribution in [3.8, 4) is 5.75 Å². The minimum absolute atomic E-state index is 0.143. The van der Waals surface area contributed by atoms with Crippen LogP contribution in [0.15, 0.2) is 47.8 Å². The molecule has 1 amide bonds. The van der Waals surface area contributed by atoms with Crippen LogP contribution in [0.2, 0.25) is 0 Å². The molecule has 28 heavy (non-hydrogen) atoms. The average molecular weight is 593 g/mol. The Morgan fingerprint density at radius 2 is 1.93 bits per heavy atom. The first-order chi connectivity index (χ1) is 13.2. The monoisotopic (exact) mass is 590 g/mol. The van der Waals surface area contributed by atoms with Crippen molar-refractivity contribution in [1.29, 1.82) is 0 Å². The van der Waals surface area contributed by atoms with E-state index in [0.717, 1.165) is 13.4 Å². The van der Waals surface area contributed by atoms with Crippen molar-refractivity contribution >= 4 is 77.1 Å². The summed E-state index contributed by atoms with van der Waals surface area (Å²) in [7, 11) is 0. The lowest BCUT2D eigenvalue weighted by Gasteiger charge is -2.15. The second-order valence-corrected chi connectivity index (χ2v) is 9.60. The van der Waals surface area contributed by atoms with Gasteiger partial charge in [-0.1, -0.05) is 29.8 Å². The van der Waals surface area contributed by atoms with Gasteiger partial charge in [0.2, 0.25) is 0 Å². The highest BCUT2D eigenvalue weighted by Crippen LogP contribution is 2.37. The SMILES string of the molecule is CC(C)CN1C(=O)/C(=C\c2ccc(COc3c(Br)cc(Br)cc3Br)o2)NC1=S. The number of thiocarbonyl (C=S) groups is 1. The molecular formula is C19H17Br3N2O3S. The number of benzene rings is 1. The van der Waals surface area contributed by atoms with E-state index in [1.807, 2.05) is 32.0 Å². The molecule has 0 spiro atoms. The molecule has 0 saturated carbocycles. The Morgan fingerprint density at radius 1 is 1.25 bits per heavy atom. The van der Waals surface area contributed by atoms with E-state index in [-0.39, 0.29) is 12.5 Å². The van der Waals surface area contributed by atoms with E-state index in [4.69, 9.17) is 21.4 Å². The third-order valence-corrected chi connectivity index (χ3v) is 5.76. The zero-order valence-electron chi connectivity index (χ0n) is 15.1. The molecule has 1 aliphatic heterocycles. The number of carbonyl (C=O) groups is 1. The van der Waals surface area contributed by atoms with Gasteiger partial charge in [-0.05, 0) is 74.3 Å². The number of nitrogens with one attached hydrogen (secondary N) is 1. The fraction of sp³-hybridized carbons (Fsp3) is 0.263. The highest BCUT2D eigenvalue weighted by atomic mass is 79.9. The minimum Gasteiger partial charge on any atom is -0.483 e. The number of rotatable bonds is 6. The van der Waals surface area contributed by atoms with Gasteiger partial charge in [0.25, 0.3) is 5.91 Å². The highest BCUT2D eigenvalue weighted by molar-refractivity contribution is 9.11. The summed E-state index contributed by atoms with van der Waals surface area (Å²) in [6, 6.07) is 7.42. The molecule has 1 aromatic carbocycles. The molecule has 2 aromatic rings. The smallest absolute Gasteiger partial charge is 0.276 e. The number of halogens is 3. The molecule has 5 nitrogen and oxygen atoms in total. The Balaban J connectivity index is 1.69. The summed E-state index contributed by atoms with van der Waals surface area (Å²) >= 11 is 15.6. The van der Waals surface area contributed by atoms with E-state index >= 15 is 0 Å². The summed E-state index contributed by atoms with van der Waals surface area (Å²) in [5, 5.41) is 3.38. The molecule has 148 valence electrons. The Kier molecular flexibility index (Phi) is 7.01. The van der Waals surface area contributed by atoms with Crippen LogP contribution < -0.4 is 10.1 Å². The van der Waals surface area contributed by atoms with E-state index in [1.54, 1.807) is 17.0 Å². The van der Waals surface area contributed by atoms with E-state index < -0.39 is 0 Å². The molecule has 0 unspecified atom stereocenters. The Hall–Kier alpha value is -1.16. The third-order valence-electron chi connectivity index (χ3n) is 3.80. The van der Waals surface area contributed by atoms with Crippen LogP contribution in [-0.2, 0) is 11.4 Å². The van der Waals surface area contributed by atoms with Crippen molar-refractivity contribution in [3.63, 3.8) is 0 Å². The lowest BCUT2D eigenvalue weighted by atomic mass is 10.2. The molecule has 2 heterocycles. The number of amides is 1. The van der Waals surface area contributed by atoms with Gasteiger partial charge in [-0.25, -0.2) is 0 Å². The fourth-order valence-corrected chi connectivity index (χ4v) is 5.36. The maximum Gasteiger partial charge on any atom is 0.276 e. The first kappa shape index (κ1) is 21.5. The Morgan fingerprint density at radius 3 is 2.57 bits per heavy atom. The molecule has 0 atom stereocenters. The molecule has 3 rings (SSSR count). The predicted octanol–water partition coefficient (Wildman–Crippen LogP) is 5.86. The van der Waals surface area contributed by atoms with Crippen LogP contribution in [0.4, 0.5) is 0 Å². The number of nitrogens with zero attached hydrogens (tertiary/aromatic N) is 1. The van der Waals surface area contributed by atoms with Crippen LogP contribution in [0.3, 0.4) is 0 Å². The molecular weight excluding hydrogens is 576 g/mol. The topological polar surface area (TPSA) is 54.7 Å². The van der Waals surface area contributed by atoms with Crippen LogP contribution in [0.1, 0.15) is 25.4 Å². The zero-order chi connectivity index (χ0) is 20.4. The quantitative estimate of drug-likeness (QED) is 0.336. The second kappa shape index (κ2) is 9.11. The number of hydrogen-bond acceptors (Lipinski definition) is 4. The van der Waals surface area contributed by atoms with Crippen molar-refractivity contribution in [2.24, 2.45) is 5.92 Å². The third kappa shape index (κ3) is 5.06. The number of hydrogen-bond donors (Lipinski definition) is 1. The molecule has 0 aliphatic carbocycles. The number of furan rings is 1. The minimum atomic E-state index is -0.143. The fourth-order valence-electron chi connectivity index (χ4n) is 2.60. The van der Waals surface area contributed by atoms with Gasteiger partial charge in [-0.2, -0.15) is 0 Å². The van der Waals surface area contributed by atoms with E-state index in [1.165, 1.54) is 0 Å². The number of ether oxygens (including phenoxy) is 1. The van der Waals surface area contributed by atoms with Crippen molar-refractivity contribution in [2.45, 2.75) is 20.5 Å². The van der Waals surface area contributed by atoms with Gasteiger partial charge in [0.15, 0.2) is 5.11 Å². The summed E-state index contributed by atoms with van der Waals surface area (Å²) in [6.07, 6.45) is 1.66. The molecule has 1 saturated heterocycles. The second-order valence-electron chi connectivity index (χ2n) is 6.59. The summed E-state index contributed by atoms with van der Waals surface area (Å²) in [4.78, 5) is 14.1. The summed E-state index contributed by atoms with van der Waals surface area (Å²) in [5.41, 5.74) is 0.408. The first-order valence-electron chi connectivity index (χ1n) is 8.45. The first-order valence-corrected chi connectivity index (χ1v) is 11.2. The van der Waals surface area contributed by atoms with Gasteiger partial charge >= 0.3 is 0 Å². The molecule has 0 bridgehead atoms. The summed E-state index contributed by atoms with van der Waals surface area (Å²) in [5.74, 6) is 2.06. The maximum atomic E-state index is 12.5. The lowest BCUT2D eigenvalue weighted by molar-refractivity contribution is -0.122. The average Bonchev–Trinajstić information content (AvgIpc) is 3.14. The van der Waals surface area contributed by atoms with Gasteiger partial charge in [0.05, 0.1) is 8.95 Å². The van der Waals surface area contributed by atoms with E-state index in [9.17, 15) is 4.79 Å². The normalized spacial score (nSPS) is 15.6. The van der Waals surface area contributed by atoms with Crippen molar-refractivity contribution < 1.29 is 13.9 Å². The van der Waals surface area contributed by atoms with Crippen LogP contribution in [0, 0.1) is 5.92 Å². The van der Waals surface area contributed by atoms with Crippen LogP contribution in [0.5, 0.6) is 5.75 Å². The van der Waals surface area contributed by atoms with Crippen LogP contribution in [0.25, 0.3) is 6.08 Å². The summed E-state index contributed by atoms with van der Waals surface area (Å²) in [6.45, 7) is 4.91. The van der Waals surface area contributed by atoms with Crippen LogP contribution in [-0.4, -0.2) is 22.5 Å². The number of carbonyl (C=O) groups excluding carboxylic acids is 1. The van der Waals surface area contributed by atoms with Crippen molar-refractivity contribution in [2.75, 3.05) is 6.54 Å².